The third kappa shape index (κ3) is 2.55. The number of allylic oxidation sites excluding steroid dienone is 2. The lowest BCUT2D eigenvalue weighted by atomic mass is 9.37. The van der Waals surface area contributed by atoms with Crippen molar-refractivity contribution in [2.75, 3.05) is 7.11 Å². The van der Waals surface area contributed by atoms with Gasteiger partial charge < -0.3 is 4.74 Å². The molecule has 4 rings (SSSR count). The summed E-state index contributed by atoms with van der Waals surface area (Å²) in [5.41, 5.74) is 0.863. The van der Waals surface area contributed by atoms with Crippen molar-refractivity contribution in [3.05, 3.63) is 11.6 Å². The number of carbonyl (C=O) groups is 2. The molecule has 0 aliphatic heterocycles. The third-order valence-corrected chi connectivity index (χ3v) is 10.0. The normalized spacial score (nSPS) is 49.0. The highest BCUT2D eigenvalue weighted by Gasteiger charge is 2.70. The Morgan fingerprint density at radius 3 is 2.55 bits per heavy atom. The Kier molecular flexibility index (Phi) is 4.74. The monoisotopic (exact) mass is 417 g/mol. The van der Waals surface area contributed by atoms with E-state index in [-0.39, 0.29) is 34.9 Å². The van der Waals surface area contributed by atoms with Gasteiger partial charge in [-0.1, -0.05) is 37.1 Å². The van der Waals surface area contributed by atoms with E-state index in [9.17, 15) is 14.9 Å². The lowest BCUT2D eigenvalue weighted by Crippen LogP contribution is -2.66. The molecule has 5 heteroatoms. The van der Waals surface area contributed by atoms with Gasteiger partial charge in [-0.05, 0) is 74.5 Å². The van der Waals surface area contributed by atoms with Crippen LogP contribution >= 0.6 is 11.6 Å². The minimum atomic E-state index is -1.60. The van der Waals surface area contributed by atoms with E-state index >= 15 is 0 Å². The van der Waals surface area contributed by atoms with Crippen LogP contribution in [0.2, 0.25) is 0 Å². The maximum absolute atomic E-state index is 12.8. The number of esters is 1. The number of halogens is 1. The van der Waals surface area contributed by atoms with Gasteiger partial charge >= 0.3 is 5.97 Å². The number of hydrogen-bond acceptors (Lipinski definition) is 4. The van der Waals surface area contributed by atoms with Crippen LogP contribution in [-0.2, 0) is 14.3 Å². The van der Waals surface area contributed by atoms with Gasteiger partial charge in [-0.2, -0.15) is 5.26 Å². The van der Waals surface area contributed by atoms with Crippen LogP contribution in [-0.4, -0.2) is 23.7 Å². The first-order valence-corrected chi connectivity index (χ1v) is 11.3. The Hall–Kier alpha value is -1.34. The molecule has 0 aromatic rings. The quantitative estimate of drug-likeness (QED) is 0.254. The van der Waals surface area contributed by atoms with Gasteiger partial charge in [0, 0.05) is 12.3 Å². The number of alkyl halides is 1. The van der Waals surface area contributed by atoms with Crippen molar-refractivity contribution < 1.29 is 14.3 Å². The van der Waals surface area contributed by atoms with Crippen molar-refractivity contribution >= 4 is 23.4 Å². The number of carbonyl (C=O) groups excluding carboxylic acids is 2. The molecule has 158 valence electrons. The van der Waals surface area contributed by atoms with Crippen LogP contribution in [0.15, 0.2) is 11.6 Å². The fourth-order valence-electron chi connectivity index (χ4n) is 8.10. The molecule has 0 unspecified atom stereocenters. The van der Waals surface area contributed by atoms with Crippen molar-refractivity contribution in [1.29, 1.82) is 5.26 Å². The molecule has 0 aromatic carbocycles. The fraction of sp³-hybridized carbons (Fsp3) is 0.792. The standard InChI is InChI=1S/C24H32ClNO3/c1-15-5-6-16-21(2,13-15)10-7-17-22(3)11-9-19(27)24(25,20(28)29-4)18(22)8-12-23(16,17)14-26/h5,16-18H,6-13H2,1-4H3/t16-,17-,18-,21-,22-,23-,24+/m1/s1. The number of Topliss-reactive ketones (excluding diaryl/α,β-unsaturated/α-hetero) is 1. The van der Waals surface area contributed by atoms with Crippen LogP contribution in [0.3, 0.4) is 0 Å². The van der Waals surface area contributed by atoms with E-state index in [2.05, 4.69) is 32.9 Å². The highest BCUT2D eigenvalue weighted by Crippen LogP contribution is 2.71. The molecule has 0 amide bonds. The number of rotatable bonds is 1. The Bertz CT molecular complexity index is 820. The van der Waals surface area contributed by atoms with E-state index < -0.39 is 16.3 Å². The molecule has 0 N–H and O–H groups in total. The summed E-state index contributed by atoms with van der Waals surface area (Å²) in [5, 5.41) is 10.6. The Morgan fingerprint density at radius 1 is 1.21 bits per heavy atom. The summed E-state index contributed by atoms with van der Waals surface area (Å²) in [7, 11) is 1.30. The van der Waals surface area contributed by atoms with E-state index in [0.29, 0.717) is 25.2 Å². The molecule has 4 nitrogen and oxygen atoms in total. The molecule has 7 atom stereocenters. The van der Waals surface area contributed by atoms with Crippen LogP contribution in [0.4, 0.5) is 0 Å². The molecule has 0 heterocycles. The summed E-state index contributed by atoms with van der Waals surface area (Å²) < 4.78 is 4.99. The molecular weight excluding hydrogens is 386 g/mol. The van der Waals surface area contributed by atoms with Crippen molar-refractivity contribution in [2.24, 2.45) is 34.0 Å². The zero-order valence-electron chi connectivity index (χ0n) is 18.0. The predicted molar refractivity (Wildman–Crippen MR) is 111 cm³/mol. The van der Waals surface area contributed by atoms with Crippen LogP contribution in [0.25, 0.3) is 0 Å². The van der Waals surface area contributed by atoms with Gasteiger partial charge in [0.15, 0.2) is 5.78 Å². The number of ether oxygens (including phenoxy) is 1. The number of methoxy groups -OCH3 is 1. The van der Waals surface area contributed by atoms with Crippen molar-refractivity contribution in [3.8, 4) is 6.07 Å². The lowest BCUT2D eigenvalue weighted by molar-refractivity contribution is -0.177. The third-order valence-electron chi connectivity index (χ3n) is 9.38. The van der Waals surface area contributed by atoms with E-state index in [1.165, 1.54) is 12.7 Å². The molecule has 0 bridgehead atoms. The number of nitriles is 1. The summed E-state index contributed by atoms with van der Waals surface area (Å²) in [5.74, 6) is -0.640. The minimum absolute atomic E-state index is 0.152. The van der Waals surface area contributed by atoms with Gasteiger partial charge in [0.2, 0.25) is 4.87 Å². The Morgan fingerprint density at radius 2 is 1.90 bits per heavy atom. The zero-order valence-corrected chi connectivity index (χ0v) is 18.8. The van der Waals surface area contributed by atoms with E-state index in [0.717, 1.165) is 25.7 Å². The number of hydrogen-bond donors (Lipinski definition) is 0. The average Bonchev–Trinajstić information content (AvgIpc) is 2.69. The van der Waals surface area contributed by atoms with Crippen LogP contribution < -0.4 is 0 Å². The topological polar surface area (TPSA) is 67.2 Å². The minimum Gasteiger partial charge on any atom is -0.467 e. The molecule has 29 heavy (non-hydrogen) atoms. The highest BCUT2D eigenvalue weighted by molar-refractivity contribution is 6.46. The first-order valence-electron chi connectivity index (χ1n) is 11.0. The van der Waals surface area contributed by atoms with Crippen molar-refractivity contribution in [3.63, 3.8) is 0 Å². The molecule has 4 aliphatic rings. The van der Waals surface area contributed by atoms with Gasteiger partial charge in [-0.3, -0.25) is 4.79 Å². The summed E-state index contributed by atoms with van der Waals surface area (Å²) in [6.45, 7) is 6.75. The van der Waals surface area contributed by atoms with Gasteiger partial charge in [0.1, 0.15) is 0 Å². The fourth-order valence-corrected chi connectivity index (χ4v) is 8.63. The van der Waals surface area contributed by atoms with E-state index in [4.69, 9.17) is 16.3 Å². The van der Waals surface area contributed by atoms with E-state index in [1.807, 2.05) is 0 Å². The summed E-state index contributed by atoms with van der Waals surface area (Å²) >= 11 is 6.83. The van der Waals surface area contributed by atoms with Crippen LogP contribution in [0, 0.1) is 45.3 Å². The summed E-state index contributed by atoms with van der Waals surface area (Å²) in [6.07, 6.45) is 8.71. The second-order valence-corrected chi connectivity index (χ2v) is 11.2. The molecule has 3 fully saturated rings. The first-order chi connectivity index (χ1) is 13.6. The van der Waals surface area contributed by atoms with Crippen molar-refractivity contribution in [1.82, 2.24) is 0 Å². The molecule has 3 saturated carbocycles. The SMILES string of the molecule is COC(=O)[C@@]1(Cl)C(=O)CC[C@]2(C)[C@H]3CC[C@]4(C)CC(C)=CC[C@H]4[C@]3(C#N)CC[C@@H]12. The van der Waals surface area contributed by atoms with Gasteiger partial charge in [0.05, 0.1) is 18.6 Å². The van der Waals surface area contributed by atoms with Crippen LogP contribution in [0.1, 0.15) is 72.1 Å². The van der Waals surface area contributed by atoms with E-state index in [1.54, 1.807) is 0 Å². The van der Waals surface area contributed by atoms with Gasteiger partial charge in [0.25, 0.3) is 0 Å². The smallest absolute Gasteiger partial charge is 0.334 e. The molecule has 4 aliphatic carbocycles. The number of ketones is 1. The van der Waals surface area contributed by atoms with Gasteiger partial charge in [-0.15, -0.1) is 0 Å². The van der Waals surface area contributed by atoms with Gasteiger partial charge in [-0.25, -0.2) is 4.79 Å². The summed E-state index contributed by atoms with van der Waals surface area (Å²) in [6, 6.07) is 2.83. The first kappa shape index (κ1) is 20.9. The highest BCUT2D eigenvalue weighted by atomic mass is 35.5. The molecular formula is C24H32ClNO3. The molecule has 0 radical (unpaired) electrons. The molecule has 0 aromatic heterocycles. The van der Waals surface area contributed by atoms with Crippen molar-refractivity contribution in [2.45, 2.75) is 77.0 Å². The Balaban J connectivity index is 1.80. The number of fused-ring (bicyclic) bond motifs is 5. The second-order valence-electron chi connectivity index (χ2n) is 10.6. The lowest BCUT2D eigenvalue weighted by Gasteiger charge is -2.66. The molecule has 0 saturated heterocycles. The predicted octanol–water partition coefficient (Wildman–Crippen LogP) is 5.20. The maximum atomic E-state index is 12.8. The van der Waals surface area contributed by atoms with Crippen LogP contribution in [0.5, 0.6) is 0 Å². The Labute approximate surface area is 179 Å². The largest absolute Gasteiger partial charge is 0.467 e. The maximum Gasteiger partial charge on any atom is 0.334 e. The number of nitrogens with zero attached hydrogens (tertiary/aromatic N) is 1. The molecule has 0 spiro atoms. The zero-order chi connectivity index (χ0) is 21.2. The second kappa shape index (κ2) is 6.58. The summed E-state index contributed by atoms with van der Waals surface area (Å²) in [4.78, 5) is 23.9. The average molecular weight is 418 g/mol.